The fraction of sp³-hybridized carbons (Fsp3) is 0.538. The lowest BCUT2D eigenvalue weighted by Gasteiger charge is -2.37. The molecule has 5 rings (SSSR count). The lowest BCUT2D eigenvalue weighted by atomic mass is 9.78. The van der Waals surface area contributed by atoms with Gasteiger partial charge in [0.1, 0.15) is 11.6 Å². The summed E-state index contributed by atoms with van der Waals surface area (Å²) in [7, 11) is -3.23. The maximum absolute atomic E-state index is 14.1. The van der Waals surface area contributed by atoms with E-state index in [0.29, 0.717) is 37.5 Å². The third-order valence-electron chi connectivity index (χ3n) is 7.93. The highest BCUT2D eigenvalue weighted by atomic mass is 32.2. The van der Waals surface area contributed by atoms with Crippen LogP contribution in [-0.4, -0.2) is 71.1 Å². The van der Waals surface area contributed by atoms with E-state index in [1.807, 2.05) is 18.6 Å². The van der Waals surface area contributed by atoms with Gasteiger partial charge in [0.05, 0.1) is 29.8 Å². The topological polar surface area (TPSA) is 71.3 Å². The molecule has 0 aliphatic carbocycles. The molecular formula is C26H33F2N5O2S. The number of likely N-dealkylation sites (tertiary alicyclic amines) is 1. The van der Waals surface area contributed by atoms with Crippen LogP contribution < -0.4 is 0 Å². The van der Waals surface area contributed by atoms with Crippen LogP contribution in [0.1, 0.15) is 49.6 Å². The minimum atomic E-state index is -3.23. The number of imidazole rings is 1. The van der Waals surface area contributed by atoms with E-state index in [4.69, 9.17) is 0 Å². The molecule has 7 nitrogen and oxygen atoms in total. The Bertz CT molecular complexity index is 1280. The van der Waals surface area contributed by atoms with Crippen LogP contribution in [0.2, 0.25) is 0 Å². The Morgan fingerprint density at radius 1 is 1.03 bits per heavy atom. The van der Waals surface area contributed by atoms with Crippen LogP contribution in [0.4, 0.5) is 8.78 Å². The van der Waals surface area contributed by atoms with Gasteiger partial charge in [-0.05, 0) is 74.2 Å². The first-order chi connectivity index (χ1) is 17.3. The molecular weight excluding hydrogens is 484 g/mol. The van der Waals surface area contributed by atoms with Crippen LogP contribution in [0.15, 0.2) is 43.0 Å². The maximum atomic E-state index is 14.1. The Balaban J connectivity index is 1.24. The number of piperidine rings is 2. The van der Waals surface area contributed by atoms with Crippen LogP contribution in [0.3, 0.4) is 0 Å². The van der Waals surface area contributed by atoms with Crippen molar-refractivity contribution in [2.24, 2.45) is 5.92 Å². The molecule has 0 bridgehead atoms. The number of pyridine rings is 1. The van der Waals surface area contributed by atoms with Gasteiger partial charge in [-0.3, -0.25) is 4.98 Å². The van der Waals surface area contributed by atoms with Gasteiger partial charge in [0.25, 0.3) is 0 Å². The monoisotopic (exact) mass is 517 g/mol. The van der Waals surface area contributed by atoms with E-state index in [1.54, 1.807) is 6.20 Å². The Hall–Kier alpha value is -2.43. The fourth-order valence-corrected chi connectivity index (χ4v) is 6.85. The highest BCUT2D eigenvalue weighted by Gasteiger charge is 2.32. The molecule has 194 valence electrons. The average Bonchev–Trinajstić information content (AvgIpc) is 3.28. The summed E-state index contributed by atoms with van der Waals surface area (Å²) in [6.45, 7) is 3.64. The van der Waals surface area contributed by atoms with Gasteiger partial charge in [0, 0.05) is 44.5 Å². The minimum Gasteiger partial charge on any atom is -0.326 e. The maximum Gasteiger partial charge on any atom is 0.211 e. The first-order valence-corrected chi connectivity index (χ1v) is 14.5. The van der Waals surface area contributed by atoms with E-state index in [9.17, 15) is 17.2 Å². The Labute approximate surface area is 211 Å². The van der Waals surface area contributed by atoms with Gasteiger partial charge >= 0.3 is 0 Å². The normalized spacial score (nSPS) is 20.2. The third kappa shape index (κ3) is 5.60. The van der Waals surface area contributed by atoms with Gasteiger partial charge in [-0.25, -0.2) is 26.5 Å². The summed E-state index contributed by atoms with van der Waals surface area (Å²) in [6, 6.07) is 6.11. The molecule has 3 aromatic rings. The van der Waals surface area contributed by atoms with E-state index in [1.165, 1.54) is 22.7 Å². The molecule has 0 radical (unpaired) electrons. The van der Waals surface area contributed by atoms with E-state index in [0.717, 1.165) is 56.0 Å². The Morgan fingerprint density at radius 2 is 1.72 bits per heavy atom. The van der Waals surface area contributed by atoms with E-state index in [-0.39, 0.29) is 11.8 Å². The summed E-state index contributed by atoms with van der Waals surface area (Å²) in [5.74, 6) is -0.956. The van der Waals surface area contributed by atoms with Crippen molar-refractivity contribution >= 4 is 21.1 Å². The van der Waals surface area contributed by atoms with E-state index >= 15 is 0 Å². The second-order valence-corrected chi connectivity index (χ2v) is 12.2. The van der Waals surface area contributed by atoms with Crippen molar-refractivity contribution in [1.82, 2.24) is 23.7 Å². The predicted octanol–water partition coefficient (Wildman–Crippen LogP) is 4.19. The zero-order chi connectivity index (χ0) is 25.3. The van der Waals surface area contributed by atoms with Crippen LogP contribution in [0, 0.1) is 17.6 Å². The molecule has 2 aromatic heterocycles. The second-order valence-electron chi connectivity index (χ2n) is 10.2. The standard InChI is InChI=1S/C26H33F2N5O2S/c1-36(34,35)32-12-3-19(4-13-32)24(20-14-21(27)16-22(28)15-20)7-11-31-9-5-23(6-10-31)33-18-30-25-2-8-29-17-26(25)33/h2,8,14-19,23-24H,3-7,9-13H2,1H3/t24-/m1/s1. The highest BCUT2D eigenvalue weighted by Crippen LogP contribution is 2.37. The van der Waals surface area contributed by atoms with Crippen molar-refractivity contribution in [3.63, 3.8) is 0 Å². The molecule has 0 amide bonds. The van der Waals surface area contributed by atoms with Crippen LogP contribution in [0.5, 0.6) is 0 Å². The number of fused-ring (bicyclic) bond motifs is 1. The molecule has 1 atom stereocenters. The molecule has 0 N–H and O–H groups in total. The summed E-state index contributed by atoms with van der Waals surface area (Å²) in [6.07, 6.45) is 11.0. The van der Waals surface area contributed by atoms with Crippen molar-refractivity contribution in [2.45, 2.75) is 44.1 Å². The van der Waals surface area contributed by atoms with Gasteiger partial charge in [0.15, 0.2) is 0 Å². The summed E-state index contributed by atoms with van der Waals surface area (Å²) < 4.78 is 55.9. The Morgan fingerprint density at radius 3 is 2.39 bits per heavy atom. The van der Waals surface area contributed by atoms with Gasteiger partial charge < -0.3 is 9.47 Å². The van der Waals surface area contributed by atoms with Gasteiger partial charge in [-0.2, -0.15) is 0 Å². The molecule has 0 spiro atoms. The predicted molar refractivity (Wildman–Crippen MR) is 135 cm³/mol. The molecule has 0 saturated carbocycles. The fourth-order valence-electron chi connectivity index (χ4n) is 5.98. The highest BCUT2D eigenvalue weighted by molar-refractivity contribution is 7.88. The molecule has 0 unspecified atom stereocenters. The summed E-state index contributed by atoms with van der Waals surface area (Å²) in [5, 5.41) is 0. The van der Waals surface area contributed by atoms with Crippen LogP contribution >= 0.6 is 0 Å². The number of hydrogen-bond acceptors (Lipinski definition) is 5. The number of nitrogens with zero attached hydrogens (tertiary/aromatic N) is 5. The molecule has 36 heavy (non-hydrogen) atoms. The summed E-state index contributed by atoms with van der Waals surface area (Å²) in [4.78, 5) is 11.2. The number of aromatic nitrogens is 3. The quantitative estimate of drug-likeness (QED) is 0.470. The third-order valence-corrected chi connectivity index (χ3v) is 9.24. The van der Waals surface area contributed by atoms with Crippen molar-refractivity contribution < 1.29 is 17.2 Å². The first kappa shape index (κ1) is 25.2. The lowest BCUT2D eigenvalue weighted by molar-refractivity contribution is 0.168. The zero-order valence-corrected chi connectivity index (χ0v) is 21.4. The molecule has 2 aliphatic rings. The SMILES string of the molecule is CS(=O)(=O)N1CCC([C@@H](CCN2CCC(n3cnc4ccncc43)CC2)c2cc(F)cc(F)c2)CC1. The molecule has 2 saturated heterocycles. The number of benzene rings is 1. The van der Waals surface area contributed by atoms with Crippen molar-refractivity contribution in [3.8, 4) is 0 Å². The first-order valence-electron chi connectivity index (χ1n) is 12.7. The smallest absolute Gasteiger partial charge is 0.211 e. The molecule has 2 fully saturated rings. The lowest BCUT2D eigenvalue weighted by Crippen LogP contribution is -2.40. The number of hydrogen-bond donors (Lipinski definition) is 0. The Kier molecular flexibility index (Phi) is 7.37. The van der Waals surface area contributed by atoms with Crippen molar-refractivity contribution in [1.29, 1.82) is 0 Å². The van der Waals surface area contributed by atoms with E-state index < -0.39 is 21.7 Å². The minimum absolute atomic E-state index is 0.0155. The summed E-state index contributed by atoms with van der Waals surface area (Å²) in [5.41, 5.74) is 2.70. The zero-order valence-electron chi connectivity index (χ0n) is 20.6. The molecule has 10 heteroatoms. The molecule has 4 heterocycles. The number of rotatable bonds is 7. The number of halogens is 2. The van der Waals surface area contributed by atoms with Crippen molar-refractivity contribution in [2.75, 3.05) is 39.0 Å². The van der Waals surface area contributed by atoms with Gasteiger partial charge in [-0.15, -0.1) is 0 Å². The summed E-state index contributed by atoms with van der Waals surface area (Å²) >= 11 is 0. The molecule has 1 aromatic carbocycles. The largest absolute Gasteiger partial charge is 0.326 e. The van der Waals surface area contributed by atoms with Crippen molar-refractivity contribution in [3.05, 3.63) is 60.2 Å². The average molecular weight is 518 g/mol. The van der Waals surface area contributed by atoms with Crippen LogP contribution in [0.25, 0.3) is 11.0 Å². The van der Waals surface area contributed by atoms with Crippen LogP contribution in [-0.2, 0) is 10.0 Å². The molecule has 2 aliphatic heterocycles. The van der Waals surface area contributed by atoms with E-state index in [2.05, 4.69) is 19.4 Å². The van der Waals surface area contributed by atoms with Gasteiger partial charge in [0.2, 0.25) is 10.0 Å². The number of sulfonamides is 1. The second kappa shape index (κ2) is 10.5. The van der Waals surface area contributed by atoms with Gasteiger partial charge in [-0.1, -0.05) is 0 Å².